The van der Waals surface area contributed by atoms with Gasteiger partial charge in [0, 0.05) is 37.2 Å². The maximum absolute atomic E-state index is 13.1. The van der Waals surface area contributed by atoms with Gasteiger partial charge in [0.1, 0.15) is 5.82 Å². The number of carbonyl (C=O) groups is 1. The van der Waals surface area contributed by atoms with Crippen molar-refractivity contribution < 1.29 is 19.0 Å². The second-order valence-electron chi connectivity index (χ2n) is 6.59. The van der Waals surface area contributed by atoms with Crippen molar-refractivity contribution in [2.24, 2.45) is 5.41 Å². The molecule has 0 radical (unpaired) electrons. The maximum atomic E-state index is 13.1. The number of piperidine rings is 1. The third-order valence-electron chi connectivity index (χ3n) is 4.76. The van der Waals surface area contributed by atoms with Crippen LogP contribution < -0.4 is 0 Å². The lowest BCUT2D eigenvalue weighted by Crippen LogP contribution is -2.48. The lowest BCUT2D eigenvalue weighted by Gasteiger charge is -2.42. The van der Waals surface area contributed by atoms with E-state index in [0.29, 0.717) is 25.3 Å². The Morgan fingerprint density at radius 1 is 1.50 bits per heavy atom. The maximum Gasteiger partial charge on any atom is 0.227 e. The number of ether oxygens (including phenoxy) is 1. The normalized spacial score (nSPS) is 21.1. The van der Waals surface area contributed by atoms with E-state index in [1.54, 1.807) is 18.1 Å². The average molecular weight is 358 g/mol. The first-order valence-electron chi connectivity index (χ1n) is 8.31. The Hall–Kier alpha value is -1.17. The first-order chi connectivity index (χ1) is 11.5. The van der Waals surface area contributed by atoms with E-state index in [0.717, 1.165) is 25.7 Å². The molecule has 0 unspecified atom stereocenters. The quantitative estimate of drug-likeness (QED) is 0.763. The van der Waals surface area contributed by atoms with Crippen LogP contribution in [0, 0.1) is 11.2 Å². The Kier molecular flexibility index (Phi) is 7.02. The molecule has 1 atom stereocenters. The van der Waals surface area contributed by atoms with Crippen LogP contribution in [0.3, 0.4) is 0 Å². The minimum atomic E-state index is -0.411. The van der Waals surface area contributed by atoms with Crippen LogP contribution in [0.15, 0.2) is 18.2 Å². The van der Waals surface area contributed by atoms with Crippen molar-refractivity contribution in [3.8, 4) is 0 Å². The fourth-order valence-electron chi connectivity index (χ4n) is 3.36. The minimum absolute atomic E-state index is 0.0345. The van der Waals surface area contributed by atoms with E-state index >= 15 is 0 Å². The van der Waals surface area contributed by atoms with Gasteiger partial charge in [0.25, 0.3) is 0 Å². The predicted octanol–water partition coefficient (Wildman–Crippen LogP) is 3.05. The van der Waals surface area contributed by atoms with Crippen LogP contribution in [0.1, 0.15) is 31.2 Å². The number of rotatable bonds is 7. The second-order valence-corrected chi connectivity index (χ2v) is 6.99. The van der Waals surface area contributed by atoms with Crippen molar-refractivity contribution in [3.63, 3.8) is 0 Å². The molecule has 4 nitrogen and oxygen atoms in total. The Labute approximate surface area is 147 Å². The van der Waals surface area contributed by atoms with Gasteiger partial charge in [-0.2, -0.15) is 0 Å². The molecule has 1 heterocycles. The zero-order valence-corrected chi connectivity index (χ0v) is 14.8. The van der Waals surface area contributed by atoms with E-state index in [1.165, 1.54) is 12.1 Å². The SMILES string of the molecule is COCCC[C@]1(CO)CCCN(C(=O)Cc2ccc(F)cc2Cl)C1. The van der Waals surface area contributed by atoms with Gasteiger partial charge in [0.2, 0.25) is 5.91 Å². The Morgan fingerprint density at radius 3 is 2.96 bits per heavy atom. The van der Waals surface area contributed by atoms with Crippen molar-refractivity contribution in [2.45, 2.75) is 32.1 Å². The number of halogens is 2. The lowest BCUT2D eigenvalue weighted by atomic mass is 9.77. The molecular formula is C18H25ClFNO3. The smallest absolute Gasteiger partial charge is 0.227 e. The molecule has 0 bridgehead atoms. The summed E-state index contributed by atoms with van der Waals surface area (Å²) in [5.74, 6) is -0.445. The number of hydrogen-bond donors (Lipinski definition) is 1. The molecule has 6 heteroatoms. The average Bonchev–Trinajstić information content (AvgIpc) is 2.58. The van der Waals surface area contributed by atoms with Gasteiger partial charge in [0.15, 0.2) is 0 Å². The van der Waals surface area contributed by atoms with Crippen LogP contribution in [0.2, 0.25) is 5.02 Å². The number of aliphatic hydroxyl groups is 1. The van der Waals surface area contributed by atoms with Gasteiger partial charge < -0.3 is 14.7 Å². The highest BCUT2D eigenvalue weighted by molar-refractivity contribution is 6.31. The molecule has 0 aliphatic carbocycles. The van der Waals surface area contributed by atoms with Crippen molar-refractivity contribution in [1.29, 1.82) is 0 Å². The first-order valence-corrected chi connectivity index (χ1v) is 8.69. The molecule has 1 N–H and O–H groups in total. The van der Waals surface area contributed by atoms with Gasteiger partial charge >= 0.3 is 0 Å². The van der Waals surface area contributed by atoms with E-state index in [2.05, 4.69) is 0 Å². The van der Waals surface area contributed by atoms with Gasteiger partial charge in [-0.3, -0.25) is 4.79 Å². The van der Waals surface area contributed by atoms with E-state index in [9.17, 15) is 14.3 Å². The topological polar surface area (TPSA) is 49.8 Å². The van der Waals surface area contributed by atoms with Crippen LogP contribution >= 0.6 is 11.6 Å². The highest BCUT2D eigenvalue weighted by Crippen LogP contribution is 2.34. The molecule has 1 fully saturated rings. The molecule has 1 aromatic rings. The van der Waals surface area contributed by atoms with Gasteiger partial charge in [-0.15, -0.1) is 0 Å². The van der Waals surface area contributed by atoms with E-state index < -0.39 is 5.82 Å². The molecule has 1 amide bonds. The van der Waals surface area contributed by atoms with Gasteiger partial charge in [0.05, 0.1) is 13.0 Å². The van der Waals surface area contributed by atoms with E-state index in [1.807, 2.05) is 0 Å². The molecule has 1 aliphatic rings. The third kappa shape index (κ3) is 4.91. The fourth-order valence-corrected chi connectivity index (χ4v) is 3.60. The minimum Gasteiger partial charge on any atom is -0.396 e. The van der Waals surface area contributed by atoms with Crippen LogP contribution in [0.5, 0.6) is 0 Å². The number of likely N-dealkylation sites (tertiary alicyclic amines) is 1. The number of aliphatic hydroxyl groups excluding tert-OH is 1. The number of hydrogen-bond acceptors (Lipinski definition) is 3. The van der Waals surface area contributed by atoms with Gasteiger partial charge in [-0.1, -0.05) is 17.7 Å². The monoisotopic (exact) mass is 357 g/mol. The van der Waals surface area contributed by atoms with Crippen LogP contribution in [-0.2, 0) is 16.0 Å². The summed E-state index contributed by atoms with van der Waals surface area (Å²) in [6.45, 7) is 1.95. The van der Waals surface area contributed by atoms with Crippen molar-refractivity contribution in [1.82, 2.24) is 4.90 Å². The van der Waals surface area contributed by atoms with Crippen LogP contribution in [0.25, 0.3) is 0 Å². The highest BCUT2D eigenvalue weighted by Gasteiger charge is 2.36. The van der Waals surface area contributed by atoms with Crippen LogP contribution in [0.4, 0.5) is 4.39 Å². The molecule has 24 heavy (non-hydrogen) atoms. The molecule has 1 saturated heterocycles. The third-order valence-corrected chi connectivity index (χ3v) is 5.11. The summed E-state index contributed by atoms with van der Waals surface area (Å²) >= 11 is 6.02. The number of methoxy groups -OCH3 is 1. The number of benzene rings is 1. The predicted molar refractivity (Wildman–Crippen MR) is 91.6 cm³/mol. The summed E-state index contributed by atoms with van der Waals surface area (Å²) in [5.41, 5.74) is 0.376. The summed E-state index contributed by atoms with van der Waals surface area (Å²) < 4.78 is 18.2. The second kappa shape index (κ2) is 8.79. The number of amides is 1. The van der Waals surface area contributed by atoms with Gasteiger partial charge in [-0.25, -0.2) is 4.39 Å². The molecule has 0 aromatic heterocycles. The van der Waals surface area contributed by atoms with Gasteiger partial charge in [-0.05, 0) is 43.4 Å². The Bertz CT molecular complexity index is 569. The zero-order chi connectivity index (χ0) is 17.6. The summed E-state index contributed by atoms with van der Waals surface area (Å²) in [6.07, 6.45) is 3.63. The zero-order valence-electron chi connectivity index (χ0n) is 14.1. The Morgan fingerprint density at radius 2 is 2.29 bits per heavy atom. The number of carbonyl (C=O) groups excluding carboxylic acids is 1. The Balaban J connectivity index is 2.00. The van der Waals surface area contributed by atoms with Crippen molar-refractivity contribution >= 4 is 17.5 Å². The molecular weight excluding hydrogens is 333 g/mol. The van der Waals surface area contributed by atoms with Crippen LogP contribution in [-0.4, -0.2) is 49.3 Å². The van der Waals surface area contributed by atoms with E-state index in [-0.39, 0.29) is 29.4 Å². The summed E-state index contributed by atoms with van der Waals surface area (Å²) in [7, 11) is 1.66. The lowest BCUT2D eigenvalue weighted by molar-refractivity contribution is -0.135. The summed E-state index contributed by atoms with van der Waals surface area (Å²) in [4.78, 5) is 14.4. The van der Waals surface area contributed by atoms with Crippen molar-refractivity contribution in [3.05, 3.63) is 34.6 Å². The molecule has 1 aliphatic heterocycles. The first kappa shape index (κ1) is 19.2. The van der Waals surface area contributed by atoms with E-state index in [4.69, 9.17) is 16.3 Å². The molecule has 1 aromatic carbocycles. The largest absolute Gasteiger partial charge is 0.396 e. The van der Waals surface area contributed by atoms with Crippen molar-refractivity contribution in [2.75, 3.05) is 33.4 Å². The molecule has 0 spiro atoms. The molecule has 0 saturated carbocycles. The summed E-state index contributed by atoms with van der Waals surface area (Å²) in [5, 5.41) is 10.1. The molecule has 2 rings (SSSR count). The standard InChI is InChI=1S/C18H25ClFNO3/c1-24-9-3-7-18(13-22)6-2-8-21(12-18)17(23)10-14-4-5-15(20)11-16(14)19/h4-5,11,22H,2-3,6-10,12-13H2,1H3/t18-/m1/s1. The molecule has 134 valence electrons. The summed E-state index contributed by atoms with van der Waals surface area (Å²) in [6, 6.07) is 4.09. The number of nitrogens with zero attached hydrogens (tertiary/aromatic N) is 1. The highest BCUT2D eigenvalue weighted by atomic mass is 35.5. The fraction of sp³-hybridized carbons (Fsp3) is 0.611.